The minimum atomic E-state index is -0.805. The molecule has 0 aliphatic carbocycles. The second kappa shape index (κ2) is 8.08. The lowest BCUT2D eigenvalue weighted by Crippen LogP contribution is -2.16. The number of nitrogens with zero attached hydrogens (tertiary/aromatic N) is 1. The lowest BCUT2D eigenvalue weighted by atomic mass is 10.2. The molecule has 30 heavy (non-hydrogen) atoms. The van der Waals surface area contributed by atoms with Gasteiger partial charge < -0.3 is 10.1 Å². The van der Waals surface area contributed by atoms with Crippen molar-refractivity contribution in [2.75, 3.05) is 11.9 Å². The van der Waals surface area contributed by atoms with Gasteiger partial charge in [-0.05, 0) is 37.3 Å². The summed E-state index contributed by atoms with van der Waals surface area (Å²) in [5.41, 5.74) is 0.650. The summed E-state index contributed by atoms with van der Waals surface area (Å²) in [7, 11) is 0. The Morgan fingerprint density at radius 2 is 1.87 bits per heavy atom. The Kier molecular flexibility index (Phi) is 5.33. The van der Waals surface area contributed by atoms with Gasteiger partial charge in [0, 0.05) is 17.5 Å². The van der Waals surface area contributed by atoms with Crippen LogP contribution in [-0.2, 0) is 4.74 Å². The van der Waals surface area contributed by atoms with Gasteiger partial charge in [0.15, 0.2) is 0 Å². The van der Waals surface area contributed by atoms with E-state index in [1.807, 2.05) is 6.07 Å². The zero-order valence-corrected chi connectivity index (χ0v) is 16.6. The number of rotatable bonds is 5. The van der Waals surface area contributed by atoms with Gasteiger partial charge in [-0.2, -0.15) is 0 Å². The van der Waals surface area contributed by atoms with Crippen molar-refractivity contribution in [1.29, 1.82) is 0 Å². The highest BCUT2D eigenvalue weighted by Crippen LogP contribution is 2.38. The Morgan fingerprint density at radius 1 is 1.10 bits per heavy atom. The first-order valence-electron chi connectivity index (χ1n) is 9.12. The minimum absolute atomic E-state index is 0.000824. The molecule has 2 aromatic heterocycles. The maximum Gasteiger partial charge on any atom is 0.350 e. The third-order valence-electron chi connectivity index (χ3n) is 4.41. The zero-order valence-electron chi connectivity index (χ0n) is 15.8. The van der Waals surface area contributed by atoms with E-state index in [0.717, 1.165) is 23.5 Å². The molecule has 152 valence electrons. The summed E-state index contributed by atoms with van der Waals surface area (Å²) in [6.45, 7) is 1.83. The van der Waals surface area contributed by atoms with E-state index < -0.39 is 17.6 Å². The number of carbonyl (C=O) groups excluding carboxylic acids is 1. The van der Waals surface area contributed by atoms with Crippen molar-refractivity contribution >= 4 is 38.9 Å². The van der Waals surface area contributed by atoms with Crippen molar-refractivity contribution in [3.05, 3.63) is 87.5 Å². The molecule has 2 aromatic carbocycles. The number of anilines is 2. The van der Waals surface area contributed by atoms with Gasteiger partial charge >= 0.3 is 5.97 Å². The standard InChI is InChI=1S/C22H16F2N2O3S/c1-2-29-22(28)20-19(25-17-10-8-13(23)12-16(17)24)15-9-11-18(27)26(21(15)30-20)14-6-4-3-5-7-14/h3-12,25H,2H2,1H3. The lowest BCUT2D eigenvalue weighted by Gasteiger charge is -2.10. The minimum Gasteiger partial charge on any atom is -0.462 e. The zero-order chi connectivity index (χ0) is 21.3. The Hall–Kier alpha value is -3.52. The van der Waals surface area contributed by atoms with Gasteiger partial charge in [-0.15, -0.1) is 11.3 Å². The number of fused-ring (bicyclic) bond motifs is 1. The molecule has 4 aromatic rings. The van der Waals surface area contributed by atoms with Gasteiger partial charge in [0.1, 0.15) is 21.3 Å². The summed E-state index contributed by atoms with van der Waals surface area (Å²) in [5.74, 6) is -2.12. The number of carbonyl (C=O) groups is 1. The van der Waals surface area contributed by atoms with Gasteiger partial charge in [-0.25, -0.2) is 13.6 Å². The average Bonchev–Trinajstić information content (AvgIpc) is 3.09. The maximum atomic E-state index is 14.3. The molecular formula is C22H16F2N2O3S. The molecule has 0 fully saturated rings. The van der Waals surface area contributed by atoms with Crippen LogP contribution in [-0.4, -0.2) is 17.1 Å². The van der Waals surface area contributed by atoms with E-state index >= 15 is 0 Å². The molecule has 0 amide bonds. The number of hydrogen-bond acceptors (Lipinski definition) is 5. The largest absolute Gasteiger partial charge is 0.462 e. The van der Waals surface area contributed by atoms with E-state index in [4.69, 9.17) is 4.74 Å². The predicted molar refractivity (Wildman–Crippen MR) is 113 cm³/mol. The third kappa shape index (κ3) is 3.57. The Labute approximate surface area is 174 Å². The summed E-state index contributed by atoms with van der Waals surface area (Å²) in [6.07, 6.45) is 0. The SMILES string of the molecule is CCOC(=O)c1sc2c(ccc(=O)n2-c2ccccc2)c1Nc1ccc(F)cc1F. The van der Waals surface area contributed by atoms with E-state index in [2.05, 4.69) is 5.32 Å². The summed E-state index contributed by atoms with van der Waals surface area (Å²) in [5, 5.41) is 3.42. The van der Waals surface area contributed by atoms with Crippen LogP contribution in [0.2, 0.25) is 0 Å². The van der Waals surface area contributed by atoms with Crippen molar-refractivity contribution in [2.45, 2.75) is 6.92 Å². The number of ether oxygens (including phenoxy) is 1. The fraction of sp³-hybridized carbons (Fsp3) is 0.0909. The second-order valence-corrected chi connectivity index (χ2v) is 7.34. The van der Waals surface area contributed by atoms with Crippen LogP contribution in [0.5, 0.6) is 0 Å². The fourth-order valence-electron chi connectivity index (χ4n) is 3.09. The molecule has 0 unspecified atom stereocenters. The van der Waals surface area contributed by atoms with Crippen LogP contribution < -0.4 is 10.9 Å². The molecule has 0 aliphatic rings. The van der Waals surface area contributed by atoms with Crippen molar-refractivity contribution in [3.63, 3.8) is 0 Å². The first-order valence-corrected chi connectivity index (χ1v) is 9.94. The van der Waals surface area contributed by atoms with Gasteiger partial charge in [0.25, 0.3) is 5.56 Å². The maximum absolute atomic E-state index is 14.3. The number of halogens is 2. The molecule has 0 bridgehead atoms. The molecular weight excluding hydrogens is 410 g/mol. The monoisotopic (exact) mass is 426 g/mol. The Bertz CT molecular complexity index is 1300. The number of aromatic nitrogens is 1. The lowest BCUT2D eigenvalue weighted by molar-refractivity contribution is 0.0533. The van der Waals surface area contributed by atoms with Crippen LogP contribution in [0.15, 0.2) is 65.5 Å². The molecule has 8 heteroatoms. The molecule has 1 N–H and O–H groups in total. The third-order valence-corrected chi connectivity index (χ3v) is 5.58. The number of benzene rings is 2. The van der Waals surface area contributed by atoms with Crippen LogP contribution in [0.4, 0.5) is 20.2 Å². The Balaban J connectivity index is 1.96. The number of nitrogens with one attached hydrogen (secondary N) is 1. The smallest absolute Gasteiger partial charge is 0.350 e. The molecule has 0 aliphatic heterocycles. The first kappa shape index (κ1) is 19.8. The number of esters is 1. The number of hydrogen-bond donors (Lipinski definition) is 1. The quantitative estimate of drug-likeness (QED) is 0.443. The van der Waals surface area contributed by atoms with Crippen LogP contribution in [0.1, 0.15) is 16.6 Å². The van der Waals surface area contributed by atoms with E-state index in [1.165, 1.54) is 16.7 Å². The molecule has 0 radical (unpaired) electrons. The topological polar surface area (TPSA) is 60.3 Å². The van der Waals surface area contributed by atoms with Crippen LogP contribution in [0, 0.1) is 11.6 Å². The molecule has 0 spiro atoms. The van der Waals surface area contributed by atoms with E-state index in [-0.39, 0.29) is 22.7 Å². The van der Waals surface area contributed by atoms with Gasteiger partial charge in [-0.3, -0.25) is 9.36 Å². The molecule has 2 heterocycles. The summed E-state index contributed by atoms with van der Waals surface area (Å²) in [6, 6.07) is 15.0. The highest BCUT2D eigenvalue weighted by molar-refractivity contribution is 7.21. The second-order valence-electron chi connectivity index (χ2n) is 6.34. The van der Waals surface area contributed by atoms with Crippen molar-refractivity contribution < 1.29 is 18.3 Å². The first-order chi connectivity index (χ1) is 14.5. The highest BCUT2D eigenvalue weighted by Gasteiger charge is 2.23. The van der Waals surface area contributed by atoms with Crippen molar-refractivity contribution in [1.82, 2.24) is 4.57 Å². The molecule has 0 saturated heterocycles. The molecule has 0 saturated carbocycles. The molecule has 5 nitrogen and oxygen atoms in total. The van der Waals surface area contributed by atoms with Crippen molar-refractivity contribution in [2.24, 2.45) is 0 Å². The highest BCUT2D eigenvalue weighted by atomic mass is 32.1. The van der Waals surface area contributed by atoms with E-state index in [1.54, 1.807) is 37.3 Å². The predicted octanol–water partition coefficient (Wildman–Crippen LogP) is 5.25. The Morgan fingerprint density at radius 3 is 2.57 bits per heavy atom. The van der Waals surface area contributed by atoms with Gasteiger partial charge in [-0.1, -0.05) is 18.2 Å². The number of thiophene rings is 1. The summed E-state index contributed by atoms with van der Waals surface area (Å²) in [4.78, 5) is 25.9. The van der Waals surface area contributed by atoms with Crippen LogP contribution in [0.3, 0.4) is 0 Å². The average molecular weight is 426 g/mol. The molecule has 0 atom stereocenters. The summed E-state index contributed by atoms with van der Waals surface area (Å²) < 4.78 is 34.2. The summed E-state index contributed by atoms with van der Waals surface area (Å²) >= 11 is 1.07. The van der Waals surface area contributed by atoms with E-state index in [0.29, 0.717) is 21.6 Å². The van der Waals surface area contributed by atoms with E-state index in [9.17, 15) is 18.4 Å². The fourth-order valence-corrected chi connectivity index (χ4v) is 4.26. The van der Waals surface area contributed by atoms with Crippen LogP contribution in [0.25, 0.3) is 15.9 Å². The van der Waals surface area contributed by atoms with Gasteiger partial charge in [0.2, 0.25) is 0 Å². The molecule has 4 rings (SSSR count). The van der Waals surface area contributed by atoms with Crippen LogP contribution >= 0.6 is 11.3 Å². The number of pyridine rings is 1. The normalized spacial score (nSPS) is 10.9. The van der Waals surface area contributed by atoms with Crippen molar-refractivity contribution in [3.8, 4) is 5.69 Å². The van der Waals surface area contributed by atoms with Gasteiger partial charge in [0.05, 0.1) is 23.7 Å². The number of para-hydroxylation sites is 1.